The summed E-state index contributed by atoms with van der Waals surface area (Å²) in [6.45, 7) is 1.28. The molecule has 0 atom stereocenters. The smallest absolute Gasteiger partial charge is 0.319 e. The maximum Gasteiger partial charge on any atom is 0.319 e. The van der Waals surface area contributed by atoms with Gasteiger partial charge in [0, 0.05) is 36.5 Å². The van der Waals surface area contributed by atoms with Crippen LogP contribution in [0.3, 0.4) is 0 Å². The molecule has 5 heteroatoms. The molecule has 0 radical (unpaired) electrons. The number of anilines is 2. The number of halogens is 1. The molecule has 0 unspecified atom stereocenters. The molecule has 2 rings (SSSR count). The second kappa shape index (κ2) is 7.55. The largest absolute Gasteiger partial charge is 0.373 e. The number of hydrogen-bond donors (Lipinski definition) is 2. The lowest BCUT2D eigenvalue weighted by molar-refractivity contribution is 0.252. The molecule has 0 saturated heterocycles. The highest BCUT2D eigenvalue weighted by Gasteiger charge is 2.03. The Morgan fingerprint density at radius 2 is 1.90 bits per heavy atom. The van der Waals surface area contributed by atoms with Crippen LogP contribution >= 0.6 is 11.6 Å². The summed E-state index contributed by atoms with van der Waals surface area (Å²) < 4.78 is 0. The van der Waals surface area contributed by atoms with Gasteiger partial charge in [-0.2, -0.15) is 0 Å². The normalized spacial score (nSPS) is 10.0. The van der Waals surface area contributed by atoms with Crippen molar-refractivity contribution in [1.82, 2.24) is 5.32 Å². The number of nitrogens with one attached hydrogen (secondary N) is 2. The van der Waals surface area contributed by atoms with E-state index in [0.717, 1.165) is 12.2 Å². The van der Waals surface area contributed by atoms with Gasteiger partial charge >= 0.3 is 6.03 Å². The van der Waals surface area contributed by atoms with E-state index in [1.165, 1.54) is 0 Å². The molecule has 0 heterocycles. The summed E-state index contributed by atoms with van der Waals surface area (Å²) in [5.41, 5.74) is 1.80. The summed E-state index contributed by atoms with van der Waals surface area (Å²) in [4.78, 5) is 13.8. The van der Waals surface area contributed by atoms with Crippen molar-refractivity contribution >= 4 is 29.0 Å². The first-order valence-corrected chi connectivity index (χ1v) is 7.09. The van der Waals surface area contributed by atoms with Crippen molar-refractivity contribution in [3.8, 4) is 0 Å². The van der Waals surface area contributed by atoms with Crippen LogP contribution in [0.15, 0.2) is 54.6 Å². The van der Waals surface area contributed by atoms with Crippen LogP contribution < -0.4 is 15.5 Å². The van der Waals surface area contributed by atoms with E-state index in [1.54, 1.807) is 24.3 Å². The van der Waals surface area contributed by atoms with Gasteiger partial charge in [0.25, 0.3) is 0 Å². The van der Waals surface area contributed by atoms with Crippen LogP contribution in [0.4, 0.5) is 16.2 Å². The van der Waals surface area contributed by atoms with Gasteiger partial charge in [0.2, 0.25) is 0 Å². The molecule has 0 aliphatic rings. The average Bonchev–Trinajstić information content (AvgIpc) is 2.48. The molecular weight excluding hydrogens is 286 g/mol. The molecule has 0 aromatic heterocycles. The van der Waals surface area contributed by atoms with E-state index in [9.17, 15) is 4.79 Å². The summed E-state index contributed by atoms with van der Waals surface area (Å²) in [5, 5.41) is 6.15. The Balaban J connectivity index is 1.74. The number of urea groups is 1. The molecule has 2 aromatic rings. The van der Waals surface area contributed by atoms with Gasteiger partial charge in [-0.05, 0) is 30.3 Å². The number of hydrogen-bond acceptors (Lipinski definition) is 2. The molecule has 2 N–H and O–H groups in total. The van der Waals surface area contributed by atoms with Gasteiger partial charge in [-0.1, -0.05) is 35.9 Å². The highest BCUT2D eigenvalue weighted by Crippen LogP contribution is 2.14. The Morgan fingerprint density at radius 1 is 1.14 bits per heavy atom. The molecule has 21 heavy (non-hydrogen) atoms. The molecule has 4 nitrogen and oxygen atoms in total. The van der Waals surface area contributed by atoms with Crippen molar-refractivity contribution in [2.75, 3.05) is 30.4 Å². The fourth-order valence-electron chi connectivity index (χ4n) is 1.89. The Bertz CT molecular complexity index is 589. The average molecular weight is 304 g/mol. The van der Waals surface area contributed by atoms with Crippen molar-refractivity contribution in [2.24, 2.45) is 0 Å². The highest BCUT2D eigenvalue weighted by molar-refractivity contribution is 6.30. The highest BCUT2D eigenvalue weighted by atomic mass is 35.5. The van der Waals surface area contributed by atoms with Crippen molar-refractivity contribution in [2.45, 2.75) is 0 Å². The van der Waals surface area contributed by atoms with E-state index in [-0.39, 0.29) is 6.03 Å². The fraction of sp³-hybridized carbons (Fsp3) is 0.188. The van der Waals surface area contributed by atoms with Crippen molar-refractivity contribution in [1.29, 1.82) is 0 Å². The van der Waals surface area contributed by atoms with E-state index in [2.05, 4.69) is 15.5 Å². The third-order valence-corrected chi connectivity index (χ3v) is 3.25. The Morgan fingerprint density at radius 3 is 2.62 bits per heavy atom. The van der Waals surface area contributed by atoms with Crippen LogP contribution in [0.5, 0.6) is 0 Å². The zero-order valence-electron chi connectivity index (χ0n) is 11.8. The number of likely N-dealkylation sites (N-methyl/N-ethyl adjacent to an activating group) is 1. The van der Waals surface area contributed by atoms with Crippen molar-refractivity contribution < 1.29 is 4.79 Å². The van der Waals surface area contributed by atoms with Crippen LogP contribution in [0, 0.1) is 0 Å². The van der Waals surface area contributed by atoms with Gasteiger partial charge < -0.3 is 15.5 Å². The standard InChI is InChI=1S/C16H18ClN3O/c1-20(15-8-3-2-4-9-15)11-10-18-16(21)19-14-7-5-6-13(17)12-14/h2-9,12H,10-11H2,1H3,(H2,18,19,21). The zero-order valence-corrected chi connectivity index (χ0v) is 12.6. The van der Waals surface area contributed by atoms with Crippen LogP contribution in [0.1, 0.15) is 0 Å². The number of carbonyl (C=O) groups excluding carboxylic acids is 1. The minimum Gasteiger partial charge on any atom is -0.373 e. The molecule has 2 amide bonds. The minimum absolute atomic E-state index is 0.237. The number of rotatable bonds is 5. The van der Waals surface area contributed by atoms with Gasteiger partial charge in [-0.15, -0.1) is 0 Å². The lowest BCUT2D eigenvalue weighted by atomic mass is 10.3. The first-order chi connectivity index (χ1) is 10.1. The lowest BCUT2D eigenvalue weighted by Crippen LogP contribution is -2.35. The van der Waals surface area contributed by atoms with Crippen LogP contribution in [-0.2, 0) is 0 Å². The Labute approximate surface area is 129 Å². The molecule has 0 fully saturated rings. The first-order valence-electron chi connectivity index (χ1n) is 6.72. The Kier molecular flexibility index (Phi) is 5.46. The van der Waals surface area contributed by atoms with Gasteiger partial charge in [0.15, 0.2) is 0 Å². The van der Waals surface area contributed by atoms with Crippen LogP contribution in [0.25, 0.3) is 0 Å². The molecule has 0 aliphatic carbocycles. The Hall–Kier alpha value is -2.20. The van der Waals surface area contributed by atoms with Crippen LogP contribution in [0.2, 0.25) is 5.02 Å². The summed E-state index contributed by atoms with van der Waals surface area (Å²) in [7, 11) is 1.99. The minimum atomic E-state index is -0.237. The van der Waals surface area contributed by atoms with E-state index >= 15 is 0 Å². The molecule has 110 valence electrons. The third kappa shape index (κ3) is 5.00. The summed E-state index contributed by atoms with van der Waals surface area (Å²) in [6, 6.07) is 16.8. The van der Waals surface area contributed by atoms with Gasteiger partial charge in [0.1, 0.15) is 0 Å². The topological polar surface area (TPSA) is 44.4 Å². The maximum atomic E-state index is 11.8. The molecular formula is C16H18ClN3O. The number of benzene rings is 2. The lowest BCUT2D eigenvalue weighted by Gasteiger charge is -2.19. The summed E-state index contributed by atoms with van der Waals surface area (Å²) in [5.74, 6) is 0. The van der Waals surface area contributed by atoms with Gasteiger partial charge in [-0.25, -0.2) is 4.79 Å². The van der Waals surface area contributed by atoms with E-state index < -0.39 is 0 Å². The maximum absolute atomic E-state index is 11.8. The second-order valence-electron chi connectivity index (χ2n) is 4.65. The zero-order chi connectivity index (χ0) is 15.1. The third-order valence-electron chi connectivity index (χ3n) is 3.01. The van der Waals surface area contributed by atoms with Gasteiger partial charge in [0.05, 0.1) is 0 Å². The summed E-state index contributed by atoms with van der Waals surface area (Å²) >= 11 is 5.86. The van der Waals surface area contributed by atoms with E-state index in [1.807, 2.05) is 37.4 Å². The van der Waals surface area contributed by atoms with E-state index in [4.69, 9.17) is 11.6 Å². The van der Waals surface area contributed by atoms with Gasteiger partial charge in [-0.3, -0.25) is 0 Å². The predicted octanol–water partition coefficient (Wildman–Crippen LogP) is 3.60. The first kappa shape index (κ1) is 15.2. The van der Waals surface area contributed by atoms with Crippen LogP contribution in [-0.4, -0.2) is 26.2 Å². The SMILES string of the molecule is CN(CCNC(=O)Nc1cccc(Cl)c1)c1ccccc1. The molecule has 0 bridgehead atoms. The predicted molar refractivity (Wildman–Crippen MR) is 88.2 cm³/mol. The molecule has 0 saturated carbocycles. The number of nitrogens with zero attached hydrogens (tertiary/aromatic N) is 1. The number of para-hydroxylation sites is 1. The van der Waals surface area contributed by atoms with E-state index in [0.29, 0.717) is 17.3 Å². The monoisotopic (exact) mass is 303 g/mol. The molecule has 2 aromatic carbocycles. The fourth-order valence-corrected chi connectivity index (χ4v) is 2.08. The summed E-state index contributed by atoms with van der Waals surface area (Å²) in [6.07, 6.45) is 0. The quantitative estimate of drug-likeness (QED) is 0.886. The van der Waals surface area contributed by atoms with Crippen molar-refractivity contribution in [3.05, 3.63) is 59.6 Å². The number of carbonyl (C=O) groups is 1. The molecule has 0 spiro atoms. The van der Waals surface area contributed by atoms with Crippen molar-refractivity contribution in [3.63, 3.8) is 0 Å². The molecule has 0 aliphatic heterocycles. The number of amides is 2. The second-order valence-corrected chi connectivity index (χ2v) is 5.08.